The van der Waals surface area contributed by atoms with Gasteiger partial charge in [-0.1, -0.05) is 23.7 Å². The van der Waals surface area contributed by atoms with E-state index >= 15 is 0 Å². The monoisotopic (exact) mass is 330 g/mol. The lowest BCUT2D eigenvalue weighted by atomic mass is 10.1. The van der Waals surface area contributed by atoms with Crippen LogP contribution in [0.2, 0.25) is 5.02 Å². The third kappa shape index (κ3) is 5.11. The standard InChI is InChI=1S/C18H19ClN2O2/c1-11-6-12(2)8-15(7-11)20-17(22)10-18(23)21-16-9-14(19)5-4-13(16)3/h4-9H,10H2,1-3H3,(H,20,22)(H,21,23). The van der Waals surface area contributed by atoms with Gasteiger partial charge in [0.2, 0.25) is 11.8 Å². The summed E-state index contributed by atoms with van der Waals surface area (Å²) < 4.78 is 0. The number of aryl methyl sites for hydroxylation is 3. The topological polar surface area (TPSA) is 58.2 Å². The highest BCUT2D eigenvalue weighted by molar-refractivity contribution is 6.31. The van der Waals surface area contributed by atoms with Crippen molar-refractivity contribution in [3.8, 4) is 0 Å². The van der Waals surface area contributed by atoms with E-state index in [1.807, 2.05) is 45.0 Å². The number of benzene rings is 2. The van der Waals surface area contributed by atoms with E-state index in [-0.39, 0.29) is 18.2 Å². The highest BCUT2D eigenvalue weighted by Crippen LogP contribution is 2.20. The maximum Gasteiger partial charge on any atom is 0.233 e. The molecule has 23 heavy (non-hydrogen) atoms. The van der Waals surface area contributed by atoms with Crippen LogP contribution in [0.3, 0.4) is 0 Å². The highest BCUT2D eigenvalue weighted by Gasteiger charge is 2.11. The van der Waals surface area contributed by atoms with Gasteiger partial charge in [0, 0.05) is 16.4 Å². The normalized spacial score (nSPS) is 10.3. The first-order valence-electron chi connectivity index (χ1n) is 7.27. The van der Waals surface area contributed by atoms with Gasteiger partial charge >= 0.3 is 0 Å². The number of carbonyl (C=O) groups is 2. The zero-order valence-electron chi connectivity index (χ0n) is 13.4. The predicted octanol–water partition coefficient (Wildman–Crippen LogP) is 4.23. The maximum absolute atomic E-state index is 12.0. The Balaban J connectivity index is 1.97. The zero-order valence-corrected chi connectivity index (χ0v) is 14.1. The lowest BCUT2D eigenvalue weighted by Gasteiger charge is -2.10. The molecule has 0 aromatic heterocycles. The van der Waals surface area contributed by atoms with Crippen molar-refractivity contribution in [2.75, 3.05) is 10.6 Å². The van der Waals surface area contributed by atoms with E-state index in [1.165, 1.54) is 0 Å². The summed E-state index contributed by atoms with van der Waals surface area (Å²) in [7, 11) is 0. The second-order valence-electron chi connectivity index (χ2n) is 5.61. The fourth-order valence-corrected chi connectivity index (χ4v) is 2.49. The average molecular weight is 331 g/mol. The molecule has 4 nitrogen and oxygen atoms in total. The van der Waals surface area contributed by atoms with E-state index in [2.05, 4.69) is 10.6 Å². The molecule has 0 spiro atoms. The number of amides is 2. The molecule has 0 saturated heterocycles. The molecule has 0 bridgehead atoms. The summed E-state index contributed by atoms with van der Waals surface area (Å²) in [4.78, 5) is 24.0. The van der Waals surface area contributed by atoms with E-state index in [0.29, 0.717) is 16.4 Å². The van der Waals surface area contributed by atoms with Crippen molar-refractivity contribution in [2.24, 2.45) is 0 Å². The van der Waals surface area contributed by atoms with Crippen LogP contribution in [0, 0.1) is 20.8 Å². The molecule has 0 unspecified atom stereocenters. The minimum absolute atomic E-state index is 0.251. The van der Waals surface area contributed by atoms with Gasteiger partial charge in [0.15, 0.2) is 0 Å². The van der Waals surface area contributed by atoms with Crippen LogP contribution in [0.5, 0.6) is 0 Å². The minimum atomic E-state index is -0.378. The number of nitrogens with one attached hydrogen (secondary N) is 2. The molecule has 5 heteroatoms. The van der Waals surface area contributed by atoms with Crippen molar-refractivity contribution in [3.63, 3.8) is 0 Å². The van der Waals surface area contributed by atoms with Crippen molar-refractivity contribution in [2.45, 2.75) is 27.2 Å². The highest BCUT2D eigenvalue weighted by atomic mass is 35.5. The lowest BCUT2D eigenvalue weighted by Crippen LogP contribution is -2.21. The molecule has 0 aliphatic heterocycles. The van der Waals surface area contributed by atoms with Gasteiger partial charge in [-0.2, -0.15) is 0 Å². The molecule has 2 rings (SSSR count). The number of anilines is 2. The molecule has 0 atom stereocenters. The van der Waals surface area contributed by atoms with Gasteiger partial charge in [-0.05, 0) is 61.7 Å². The summed E-state index contributed by atoms with van der Waals surface area (Å²) in [5.74, 6) is -0.732. The Morgan fingerprint density at radius 2 is 1.52 bits per heavy atom. The van der Waals surface area contributed by atoms with E-state index < -0.39 is 0 Å². The second-order valence-corrected chi connectivity index (χ2v) is 6.05. The van der Waals surface area contributed by atoms with Crippen molar-refractivity contribution in [1.82, 2.24) is 0 Å². The summed E-state index contributed by atoms with van der Waals surface area (Å²) in [6.07, 6.45) is -0.251. The Morgan fingerprint density at radius 1 is 0.913 bits per heavy atom. The van der Waals surface area contributed by atoms with E-state index in [1.54, 1.807) is 12.1 Å². The molecule has 0 aliphatic rings. The fourth-order valence-electron chi connectivity index (χ4n) is 2.32. The van der Waals surface area contributed by atoms with Gasteiger partial charge in [0.25, 0.3) is 0 Å². The van der Waals surface area contributed by atoms with Crippen LogP contribution in [0.15, 0.2) is 36.4 Å². The van der Waals surface area contributed by atoms with Gasteiger partial charge in [0.05, 0.1) is 0 Å². The zero-order chi connectivity index (χ0) is 17.0. The molecule has 2 amide bonds. The summed E-state index contributed by atoms with van der Waals surface area (Å²) in [5.41, 5.74) is 4.30. The number of halogens is 1. The van der Waals surface area contributed by atoms with Crippen LogP contribution < -0.4 is 10.6 Å². The first-order chi connectivity index (χ1) is 10.8. The quantitative estimate of drug-likeness (QED) is 0.824. The largest absolute Gasteiger partial charge is 0.326 e. The molecule has 0 radical (unpaired) electrons. The first kappa shape index (κ1) is 17.0. The van der Waals surface area contributed by atoms with Crippen LogP contribution in [0.25, 0.3) is 0 Å². The number of hydrogen-bond acceptors (Lipinski definition) is 2. The minimum Gasteiger partial charge on any atom is -0.326 e. The maximum atomic E-state index is 12.0. The molecule has 2 N–H and O–H groups in total. The number of carbonyl (C=O) groups excluding carboxylic acids is 2. The Bertz CT molecular complexity index is 736. The van der Waals surface area contributed by atoms with E-state index in [9.17, 15) is 9.59 Å². The Morgan fingerprint density at radius 3 is 2.17 bits per heavy atom. The van der Waals surface area contributed by atoms with Crippen molar-refractivity contribution >= 4 is 34.8 Å². The van der Waals surface area contributed by atoms with Crippen molar-refractivity contribution < 1.29 is 9.59 Å². The number of rotatable bonds is 4. The van der Waals surface area contributed by atoms with Gasteiger partial charge in [-0.15, -0.1) is 0 Å². The summed E-state index contributed by atoms with van der Waals surface area (Å²) in [5, 5.41) is 5.98. The second kappa shape index (κ2) is 7.29. The van der Waals surface area contributed by atoms with Gasteiger partial charge in [-0.25, -0.2) is 0 Å². The van der Waals surface area contributed by atoms with Crippen LogP contribution >= 0.6 is 11.6 Å². The molecular formula is C18H19ClN2O2. The lowest BCUT2D eigenvalue weighted by molar-refractivity contribution is -0.123. The van der Waals surface area contributed by atoms with E-state index in [0.717, 1.165) is 16.7 Å². The van der Waals surface area contributed by atoms with Crippen LogP contribution in [-0.2, 0) is 9.59 Å². The smallest absolute Gasteiger partial charge is 0.233 e. The Hall–Kier alpha value is -2.33. The van der Waals surface area contributed by atoms with Gasteiger partial charge in [0.1, 0.15) is 6.42 Å². The van der Waals surface area contributed by atoms with Crippen LogP contribution in [0.4, 0.5) is 11.4 Å². The number of hydrogen-bond donors (Lipinski definition) is 2. The summed E-state index contributed by atoms with van der Waals surface area (Å²) in [6.45, 7) is 5.77. The Labute approximate surface area is 140 Å². The fraction of sp³-hybridized carbons (Fsp3) is 0.222. The van der Waals surface area contributed by atoms with Gasteiger partial charge in [-0.3, -0.25) is 9.59 Å². The predicted molar refractivity (Wildman–Crippen MR) is 94.0 cm³/mol. The van der Waals surface area contributed by atoms with Crippen molar-refractivity contribution in [3.05, 3.63) is 58.1 Å². The van der Waals surface area contributed by atoms with Crippen LogP contribution in [0.1, 0.15) is 23.1 Å². The summed E-state index contributed by atoms with van der Waals surface area (Å²) >= 11 is 5.91. The van der Waals surface area contributed by atoms with E-state index in [4.69, 9.17) is 11.6 Å². The third-order valence-electron chi connectivity index (χ3n) is 3.30. The molecule has 0 heterocycles. The SMILES string of the molecule is Cc1cc(C)cc(NC(=O)CC(=O)Nc2cc(Cl)ccc2C)c1. The molecular weight excluding hydrogens is 312 g/mol. The van der Waals surface area contributed by atoms with Gasteiger partial charge < -0.3 is 10.6 Å². The molecule has 0 fully saturated rings. The molecule has 120 valence electrons. The van der Waals surface area contributed by atoms with Crippen LogP contribution in [-0.4, -0.2) is 11.8 Å². The first-order valence-corrected chi connectivity index (χ1v) is 7.65. The molecule has 0 aliphatic carbocycles. The summed E-state index contributed by atoms with van der Waals surface area (Å²) in [6, 6.07) is 11.0. The Kier molecular flexibility index (Phi) is 5.40. The molecule has 0 saturated carbocycles. The molecule has 2 aromatic rings. The third-order valence-corrected chi connectivity index (χ3v) is 3.54. The average Bonchev–Trinajstić information content (AvgIpc) is 2.41. The molecule has 2 aromatic carbocycles. The van der Waals surface area contributed by atoms with Crippen molar-refractivity contribution in [1.29, 1.82) is 0 Å².